The van der Waals surface area contributed by atoms with Gasteiger partial charge in [-0.15, -0.1) is 0 Å². The molecule has 1 aliphatic rings. The van der Waals surface area contributed by atoms with Crippen molar-refractivity contribution in [2.75, 3.05) is 13.2 Å². The number of hydrogen-bond donors (Lipinski definition) is 0. The van der Waals surface area contributed by atoms with E-state index in [1.165, 1.54) is 0 Å². The molecule has 0 amide bonds. The average molecular weight is 429 g/mol. The first-order valence-electron chi connectivity index (χ1n) is 8.83. The molecule has 1 heterocycles. The standard InChI is InChI=1S/C22H21BrO4/c1-4-25-20-12-15(11-18(23)21(20)26-5-2)10-17-13-19(27-22(17)24)16-8-6-14(3)7-9-16/h6-13H,4-5H2,1-3H3/b17-10-. The van der Waals surface area contributed by atoms with Gasteiger partial charge in [-0.1, -0.05) is 29.8 Å². The van der Waals surface area contributed by atoms with Crippen LogP contribution < -0.4 is 9.47 Å². The number of hydrogen-bond acceptors (Lipinski definition) is 4. The number of carbonyl (C=O) groups excluding carboxylic acids is 1. The number of carbonyl (C=O) groups is 1. The summed E-state index contributed by atoms with van der Waals surface area (Å²) in [6.45, 7) is 6.91. The Morgan fingerprint density at radius 2 is 1.78 bits per heavy atom. The molecule has 27 heavy (non-hydrogen) atoms. The van der Waals surface area contributed by atoms with Crippen LogP contribution in [0.25, 0.3) is 11.8 Å². The SMILES string of the molecule is CCOc1cc(/C=C2/C=C(c3ccc(C)cc3)OC2=O)cc(Br)c1OCC. The van der Waals surface area contributed by atoms with Gasteiger partial charge in [-0.05, 0) is 66.5 Å². The third kappa shape index (κ3) is 4.42. The number of ether oxygens (including phenoxy) is 3. The van der Waals surface area contributed by atoms with Gasteiger partial charge in [-0.25, -0.2) is 4.79 Å². The lowest BCUT2D eigenvalue weighted by molar-refractivity contribution is -0.130. The fraction of sp³-hybridized carbons (Fsp3) is 0.227. The molecule has 2 aromatic carbocycles. The summed E-state index contributed by atoms with van der Waals surface area (Å²) in [7, 11) is 0. The molecule has 5 heteroatoms. The van der Waals surface area contributed by atoms with Gasteiger partial charge in [0.2, 0.25) is 0 Å². The Bertz CT molecular complexity index is 911. The van der Waals surface area contributed by atoms with Crippen LogP contribution in [-0.2, 0) is 9.53 Å². The molecule has 0 unspecified atom stereocenters. The highest BCUT2D eigenvalue weighted by molar-refractivity contribution is 9.10. The minimum Gasteiger partial charge on any atom is -0.490 e. The van der Waals surface area contributed by atoms with Crippen LogP contribution in [-0.4, -0.2) is 19.2 Å². The molecule has 0 N–H and O–H groups in total. The van der Waals surface area contributed by atoms with Gasteiger partial charge in [0, 0.05) is 5.56 Å². The van der Waals surface area contributed by atoms with Crippen molar-refractivity contribution in [1.82, 2.24) is 0 Å². The van der Waals surface area contributed by atoms with Crippen LogP contribution in [0.3, 0.4) is 0 Å². The molecule has 0 atom stereocenters. The molecule has 0 aliphatic carbocycles. The van der Waals surface area contributed by atoms with Crippen LogP contribution in [0, 0.1) is 6.92 Å². The Balaban J connectivity index is 1.95. The molecule has 0 bridgehead atoms. The van der Waals surface area contributed by atoms with Crippen molar-refractivity contribution in [3.8, 4) is 11.5 Å². The largest absolute Gasteiger partial charge is 0.490 e. The van der Waals surface area contributed by atoms with Crippen molar-refractivity contribution in [1.29, 1.82) is 0 Å². The maximum atomic E-state index is 12.3. The van der Waals surface area contributed by atoms with Crippen LogP contribution in [0.5, 0.6) is 11.5 Å². The van der Waals surface area contributed by atoms with E-state index in [0.29, 0.717) is 36.0 Å². The molecule has 0 saturated carbocycles. The first-order valence-corrected chi connectivity index (χ1v) is 9.62. The molecule has 0 aromatic heterocycles. The maximum absolute atomic E-state index is 12.3. The van der Waals surface area contributed by atoms with Crippen molar-refractivity contribution in [2.24, 2.45) is 0 Å². The smallest absolute Gasteiger partial charge is 0.343 e. The Labute approximate surface area is 167 Å². The first kappa shape index (κ1) is 19.2. The van der Waals surface area contributed by atoms with Gasteiger partial charge in [-0.2, -0.15) is 0 Å². The van der Waals surface area contributed by atoms with Gasteiger partial charge in [0.05, 0.1) is 23.3 Å². The lowest BCUT2D eigenvalue weighted by atomic mass is 10.1. The van der Waals surface area contributed by atoms with E-state index in [0.717, 1.165) is 21.2 Å². The summed E-state index contributed by atoms with van der Waals surface area (Å²) < 4.78 is 17.5. The van der Waals surface area contributed by atoms with E-state index < -0.39 is 0 Å². The van der Waals surface area contributed by atoms with E-state index in [-0.39, 0.29) is 5.97 Å². The maximum Gasteiger partial charge on any atom is 0.343 e. The Morgan fingerprint density at radius 1 is 1.07 bits per heavy atom. The monoisotopic (exact) mass is 428 g/mol. The number of cyclic esters (lactones) is 1. The molecule has 0 spiro atoms. The number of halogens is 1. The highest BCUT2D eigenvalue weighted by Crippen LogP contribution is 2.38. The molecular weight excluding hydrogens is 408 g/mol. The Kier molecular flexibility index (Phi) is 6.01. The number of rotatable bonds is 6. The summed E-state index contributed by atoms with van der Waals surface area (Å²) in [5.74, 6) is 1.48. The van der Waals surface area contributed by atoms with Gasteiger partial charge in [0.25, 0.3) is 0 Å². The number of esters is 1. The van der Waals surface area contributed by atoms with Gasteiger partial charge < -0.3 is 14.2 Å². The van der Waals surface area contributed by atoms with Crippen LogP contribution >= 0.6 is 15.9 Å². The minimum atomic E-state index is -0.367. The molecule has 0 fully saturated rings. The third-order valence-electron chi connectivity index (χ3n) is 4.00. The van der Waals surface area contributed by atoms with Crippen molar-refractivity contribution >= 4 is 33.7 Å². The molecule has 4 nitrogen and oxygen atoms in total. The topological polar surface area (TPSA) is 44.8 Å². The zero-order chi connectivity index (χ0) is 19.4. The second-order valence-electron chi connectivity index (χ2n) is 6.06. The molecule has 1 aliphatic heterocycles. The predicted molar refractivity (Wildman–Crippen MR) is 110 cm³/mol. The van der Waals surface area contributed by atoms with E-state index >= 15 is 0 Å². The Hall–Kier alpha value is -2.53. The fourth-order valence-electron chi connectivity index (χ4n) is 2.75. The summed E-state index contributed by atoms with van der Waals surface area (Å²) >= 11 is 3.52. The zero-order valence-electron chi connectivity index (χ0n) is 15.5. The van der Waals surface area contributed by atoms with E-state index in [1.54, 1.807) is 12.2 Å². The minimum absolute atomic E-state index is 0.367. The molecule has 2 aromatic rings. The quantitative estimate of drug-likeness (QED) is 0.447. The van der Waals surface area contributed by atoms with Crippen LogP contribution in [0.4, 0.5) is 0 Å². The van der Waals surface area contributed by atoms with Gasteiger partial charge in [-0.3, -0.25) is 0 Å². The van der Waals surface area contributed by atoms with Crippen molar-refractivity contribution in [2.45, 2.75) is 20.8 Å². The third-order valence-corrected chi connectivity index (χ3v) is 4.59. The Morgan fingerprint density at radius 3 is 2.44 bits per heavy atom. The second-order valence-corrected chi connectivity index (χ2v) is 6.91. The summed E-state index contributed by atoms with van der Waals surface area (Å²) in [6.07, 6.45) is 3.55. The summed E-state index contributed by atoms with van der Waals surface area (Å²) in [6, 6.07) is 11.6. The van der Waals surface area contributed by atoms with Crippen LogP contribution in [0.2, 0.25) is 0 Å². The second kappa shape index (κ2) is 8.44. The van der Waals surface area contributed by atoms with E-state index in [9.17, 15) is 4.79 Å². The van der Waals surface area contributed by atoms with Crippen molar-refractivity contribution in [3.05, 3.63) is 69.2 Å². The van der Waals surface area contributed by atoms with Crippen molar-refractivity contribution < 1.29 is 19.0 Å². The number of aryl methyl sites for hydroxylation is 1. The lowest BCUT2D eigenvalue weighted by Gasteiger charge is -2.13. The van der Waals surface area contributed by atoms with Gasteiger partial charge in [0.1, 0.15) is 5.76 Å². The van der Waals surface area contributed by atoms with Gasteiger partial charge >= 0.3 is 5.97 Å². The average Bonchev–Trinajstić information content (AvgIpc) is 2.99. The lowest BCUT2D eigenvalue weighted by Crippen LogP contribution is -2.00. The van der Waals surface area contributed by atoms with Gasteiger partial charge in [0.15, 0.2) is 11.5 Å². The molecule has 0 radical (unpaired) electrons. The molecule has 3 rings (SSSR count). The first-order chi connectivity index (χ1) is 13.0. The molecular formula is C22H21BrO4. The molecule has 0 saturated heterocycles. The zero-order valence-corrected chi connectivity index (χ0v) is 17.1. The van der Waals surface area contributed by atoms with Crippen LogP contribution in [0.15, 0.2) is 52.5 Å². The predicted octanol–water partition coefficient (Wildman–Crippen LogP) is 5.54. The summed E-state index contributed by atoms with van der Waals surface area (Å²) in [5.41, 5.74) is 3.34. The van der Waals surface area contributed by atoms with E-state index in [4.69, 9.17) is 14.2 Å². The van der Waals surface area contributed by atoms with E-state index in [2.05, 4.69) is 15.9 Å². The normalized spacial score (nSPS) is 14.9. The summed E-state index contributed by atoms with van der Waals surface area (Å²) in [4.78, 5) is 12.3. The summed E-state index contributed by atoms with van der Waals surface area (Å²) in [5, 5.41) is 0. The van der Waals surface area contributed by atoms with Crippen molar-refractivity contribution in [3.63, 3.8) is 0 Å². The van der Waals surface area contributed by atoms with E-state index in [1.807, 2.05) is 57.2 Å². The highest BCUT2D eigenvalue weighted by Gasteiger charge is 2.22. The fourth-order valence-corrected chi connectivity index (χ4v) is 3.32. The number of benzene rings is 2. The van der Waals surface area contributed by atoms with Crippen LogP contribution in [0.1, 0.15) is 30.5 Å². The highest BCUT2D eigenvalue weighted by atomic mass is 79.9. The molecule has 140 valence electrons.